The average molecular weight is 680 g/mol. The lowest BCUT2D eigenvalue weighted by molar-refractivity contribution is -0.137. The lowest BCUT2D eigenvalue weighted by Crippen LogP contribution is -2.38. The van der Waals surface area contributed by atoms with Gasteiger partial charge in [-0.3, -0.25) is 9.36 Å². The van der Waals surface area contributed by atoms with Gasteiger partial charge in [-0.25, -0.2) is 13.5 Å². The zero-order chi connectivity index (χ0) is 33.4. The number of hydrogen-bond donors (Lipinski definition) is 3. The molecule has 0 aliphatic carbocycles. The summed E-state index contributed by atoms with van der Waals surface area (Å²) < 4.78 is 59.4. The van der Waals surface area contributed by atoms with E-state index in [0.29, 0.717) is 48.4 Å². The van der Waals surface area contributed by atoms with E-state index in [2.05, 4.69) is 33.1 Å². The molecule has 3 N–H and O–H groups in total. The van der Waals surface area contributed by atoms with E-state index in [1.807, 2.05) is 16.4 Å². The Morgan fingerprint density at radius 3 is 2.35 bits per heavy atom. The van der Waals surface area contributed by atoms with Crippen LogP contribution in [0.5, 0.6) is 0 Å². The molecule has 2 aromatic carbocycles. The highest BCUT2D eigenvalue weighted by Gasteiger charge is 2.36. The van der Waals surface area contributed by atoms with Crippen LogP contribution in [0.25, 0.3) is 22.2 Å². The van der Waals surface area contributed by atoms with Crippen molar-refractivity contribution in [3.05, 3.63) is 81.8 Å². The van der Waals surface area contributed by atoms with E-state index in [1.54, 1.807) is 23.1 Å². The lowest BCUT2D eigenvalue weighted by Gasteiger charge is -2.31. The molecule has 0 spiro atoms. The van der Waals surface area contributed by atoms with Crippen molar-refractivity contribution in [3.63, 3.8) is 0 Å². The van der Waals surface area contributed by atoms with Crippen LogP contribution in [0.2, 0.25) is 0 Å². The van der Waals surface area contributed by atoms with Crippen LogP contribution in [-0.4, -0.2) is 62.0 Å². The van der Waals surface area contributed by atoms with E-state index >= 15 is 0 Å². The van der Waals surface area contributed by atoms with Crippen LogP contribution >= 0.6 is 0 Å². The summed E-state index contributed by atoms with van der Waals surface area (Å²) in [6.07, 6.45) is 3.47. The third kappa shape index (κ3) is 6.78. The summed E-state index contributed by atoms with van der Waals surface area (Å²) in [5.41, 5.74) is 1.39. The van der Waals surface area contributed by atoms with E-state index in [9.17, 15) is 22.2 Å². The highest BCUT2D eigenvalue weighted by Crippen LogP contribution is 2.40. The molecule has 3 atom stereocenters. The van der Waals surface area contributed by atoms with Gasteiger partial charge in [0.15, 0.2) is 0 Å². The van der Waals surface area contributed by atoms with Crippen molar-refractivity contribution in [2.75, 3.05) is 44.3 Å². The summed E-state index contributed by atoms with van der Waals surface area (Å²) in [4.78, 5) is 23.7. The summed E-state index contributed by atoms with van der Waals surface area (Å²) in [5.74, 6) is 0.755. The first-order valence-corrected chi connectivity index (χ1v) is 18.2. The van der Waals surface area contributed by atoms with E-state index < -0.39 is 28.3 Å². The predicted molar refractivity (Wildman–Crippen MR) is 183 cm³/mol. The SMILES string of the molecule is CS(=O)N1CCC(n2c(=O)c(-c3ccc(C4CCCN4)cc3C(F)(F)F)cc3cnc(Nc4ccc(C5CCCNC5)cc4)nc32)CC1. The van der Waals surface area contributed by atoms with Gasteiger partial charge >= 0.3 is 6.18 Å². The fraction of sp³-hybridized carbons (Fsp3) is 0.457. The molecule has 2 aromatic heterocycles. The molecule has 3 unspecified atom stereocenters. The van der Waals surface area contributed by atoms with Gasteiger partial charge in [0, 0.05) is 60.8 Å². The summed E-state index contributed by atoms with van der Waals surface area (Å²) in [7, 11) is -1.16. The number of aromatic nitrogens is 3. The second-order valence-electron chi connectivity index (χ2n) is 13.0. The van der Waals surface area contributed by atoms with Gasteiger partial charge in [-0.05, 0) is 98.5 Å². The maximum atomic E-state index is 14.6. The highest BCUT2D eigenvalue weighted by atomic mass is 32.2. The third-order valence-electron chi connectivity index (χ3n) is 9.96. The van der Waals surface area contributed by atoms with Crippen LogP contribution in [-0.2, 0) is 17.2 Å². The predicted octanol–water partition coefficient (Wildman–Crippen LogP) is 6.04. The average Bonchev–Trinajstić information content (AvgIpc) is 3.64. The Morgan fingerprint density at radius 1 is 0.938 bits per heavy atom. The number of hydrogen-bond acceptors (Lipinski definition) is 7. The molecule has 3 aliphatic rings. The maximum absolute atomic E-state index is 14.6. The molecular weight excluding hydrogens is 639 g/mol. The second kappa shape index (κ2) is 13.7. The zero-order valence-electron chi connectivity index (χ0n) is 26.9. The number of anilines is 2. The first kappa shape index (κ1) is 32.9. The zero-order valence-corrected chi connectivity index (χ0v) is 27.7. The minimum atomic E-state index is -4.67. The molecule has 13 heteroatoms. The van der Waals surface area contributed by atoms with Crippen LogP contribution in [0.4, 0.5) is 24.8 Å². The number of piperidine rings is 2. The fourth-order valence-electron chi connectivity index (χ4n) is 7.39. The molecule has 48 heavy (non-hydrogen) atoms. The van der Waals surface area contributed by atoms with Crippen LogP contribution < -0.4 is 21.5 Å². The third-order valence-corrected chi connectivity index (χ3v) is 11.1. The maximum Gasteiger partial charge on any atom is 0.417 e. The first-order valence-electron chi connectivity index (χ1n) is 16.7. The number of nitrogens with one attached hydrogen (secondary N) is 3. The van der Waals surface area contributed by atoms with E-state index in [1.165, 1.54) is 23.8 Å². The Labute approximate surface area is 279 Å². The number of alkyl halides is 3. The minimum Gasteiger partial charge on any atom is -0.324 e. The topological polar surface area (TPSA) is 104 Å². The minimum absolute atomic E-state index is 0.0423. The van der Waals surface area contributed by atoms with Gasteiger partial charge in [-0.2, -0.15) is 18.2 Å². The smallest absolute Gasteiger partial charge is 0.324 e. The van der Waals surface area contributed by atoms with Crippen LogP contribution in [0, 0.1) is 0 Å². The second-order valence-corrected chi connectivity index (χ2v) is 14.4. The Balaban J connectivity index is 1.29. The molecule has 254 valence electrons. The van der Waals surface area contributed by atoms with Gasteiger partial charge in [0.1, 0.15) is 5.65 Å². The van der Waals surface area contributed by atoms with Crippen LogP contribution in [0.1, 0.15) is 73.2 Å². The fourth-order valence-corrected chi connectivity index (χ4v) is 8.12. The van der Waals surface area contributed by atoms with Gasteiger partial charge in [-0.1, -0.05) is 24.3 Å². The van der Waals surface area contributed by atoms with Crippen molar-refractivity contribution in [3.8, 4) is 11.1 Å². The molecule has 0 amide bonds. The molecule has 9 nitrogen and oxygen atoms in total. The number of pyridine rings is 1. The molecule has 3 saturated heterocycles. The van der Waals surface area contributed by atoms with Crippen molar-refractivity contribution >= 4 is 33.7 Å². The summed E-state index contributed by atoms with van der Waals surface area (Å²) in [6.45, 7) is 3.74. The van der Waals surface area contributed by atoms with Crippen molar-refractivity contribution in [1.29, 1.82) is 0 Å². The molecule has 5 heterocycles. The quantitative estimate of drug-likeness (QED) is 0.219. The number of halogens is 3. The van der Waals surface area contributed by atoms with Crippen LogP contribution in [0.3, 0.4) is 0 Å². The molecule has 4 aromatic rings. The summed E-state index contributed by atoms with van der Waals surface area (Å²) >= 11 is 0. The van der Waals surface area contributed by atoms with Crippen molar-refractivity contribution in [2.45, 2.75) is 62.7 Å². The molecule has 0 bridgehead atoms. The van der Waals surface area contributed by atoms with Crippen molar-refractivity contribution in [1.82, 2.24) is 29.5 Å². The lowest BCUT2D eigenvalue weighted by atomic mass is 9.92. The summed E-state index contributed by atoms with van der Waals surface area (Å²) in [6, 6.07) is 13.5. The number of fused-ring (bicyclic) bond motifs is 1. The number of rotatable bonds is 7. The molecule has 3 fully saturated rings. The summed E-state index contributed by atoms with van der Waals surface area (Å²) in [5, 5.41) is 10.4. The largest absolute Gasteiger partial charge is 0.417 e. The van der Waals surface area contributed by atoms with E-state index in [4.69, 9.17) is 4.98 Å². The van der Waals surface area contributed by atoms with Gasteiger partial charge in [-0.15, -0.1) is 0 Å². The van der Waals surface area contributed by atoms with E-state index in [-0.39, 0.29) is 29.2 Å². The number of nitrogens with zero attached hydrogens (tertiary/aromatic N) is 4. The molecule has 0 radical (unpaired) electrons. The van der Waals surface area contributed by atoms with Gasteiger partial charge < -0.3 is 16.0 Å². The Kier molecular flexibility index (Phi) is 9.38. The molecule has 7 rings (SSSR count). The Hall–Kier alpha value is -3.65. The van der Waals surface area contributed by atoms with Gasteiger partial charge in [0.05, 0.1) is 16.5 Å². The Bertz CT molecular complexity index is 1860. The monoisotopic (exact) mass is 679 g/mol. The molecular formula is C35H40F3N7O2S. The normalized spacial score (nSPS) is 21.8. The first-order chi connectivity index (χ1) is 23.2. The van der Waals surface area contributed by atoms with Crippen molar-refractivity contribution in [2.24, 2.45) is 0 Å². The highest BCUT2D eigenvalue weighted by molar-refractivity contribution is 7.81. The molecule has 0 saturated carbocycles. The molecule has 3 aliphatic heterocycles. The van der Waals surface area contributed by atoms with Gasteiger partial charge in [0.25, 0.3) is 5.56 Å². The van der Waals surface area contributed by atoms with Crippen molar-refractivity contribution < 1.29 is 17.4 Å². The standard InChI is InChI=1S/C35H40F3N7O2S/c1-48(47)44-16-12-27(13-17-44)45-32-25(21-41-34(43-32)42-26-9-6-22(7-10-26)24-4-2-14-39-20-24)18-29(33(45)46)28-11-8-23(31-5-3-15-40-31)19-30(28)35(36,37)38/h6-11,18-19,21,24,27,31,39-40H,2-5,12-17,20H2,1H3,(H,41,42,43). The number of benzene rings is 2. The Morgan fingerprint density at radius 2 is 1.69 bits per heavy atom. The van der Waals surface area contributed by atoms with Crippen LogP contribution in [0.15, 0.2) is 59.5 Å². The van der Waals surface area contributed by atoms with E-state index in [0.717, 1.165) is 51.0 Å². The van der Waals surface area contributed by atoms with Gasteiger partial charge in [0.2, 0.25) is 5.95 Å².